The Kier molecular flexibility index (Phi) is 3.76. The summed E-state index contributed by atoms with van der Waals surface area (Å²) < 4.78 is 143. The van der Waals surface area contributed by atoms with Gasteiger partial charge in [-0.15, -0.1) is 0 Å². The van der Waals surface area contributed by atoms with Crippen LogP contribution < -0.4 is 0 Å². The van der Waals surface area contributed by atoms with Crippen LogP contribution in [-0.2, 0) is 0 Å². The maximum atomic E-state index is 12.3. The lowest BCUT2D eigenvalue weighted by Gasteiger charge is -2.58. The predicted molar refractivity (Wildman–Crippen MR) is 47.0 cm³/mol. The van der Waals surface area contributed by atoms with Gasteiger partial charge in [-0.1, -0.05) is 10.8 Å². The van der Waals surface area contributed by atoms with E-state index < -0.39 is 53.7 Å². The second-order valence-corrected chi connectivity index (χ2v) is 9.25. The van der Waals surface area contributed by atoms with Crippen molar-refractivity contribution in [2.24, 2.45) is 0 Å². The topological polar surface area (TPSA) is 0 Å². The third kappa shape index (κ3) is 2.22. The summed E-state index contributed by atoms with van der Waals surface area (Å²) in [5.74, 6) is -3.09. The van der Waals surface area contributed by atoms with E-state index >= 15 is 0 Å². The first kappa shape index (κ1) is 17.9. The Balaban J connectivity index is 3.33. The van der Waals surface area contributed by atoms with Gasteiger partial charge in [-0.25, -0.2) is 0 Å². The molecule has 1 aliphatic rings. The van der Waals surface area contributed by atoms with Crippen LogP contribution in [0, 0.1) is 0 Å². The second kappa shape index (κ2) is 4.20. The summed E-state index contributed by atoms with van der Waals surface area (Å²) in [7, 11) is -8.25. The maximum Gasteiger partial charge on any atom is 0.441 e. The summed E-state index contributed by atoms with van der Waals surface area (Å²) in [5, 5.41) is 0. The van der Waals surface area contributed by atoms with Crippen molar-refractivity contribution in [2.75, 3.05) is 5.75 Å². The summed E-state index contributed by atoms with van der Waals surface area (Å²) in [6.45, 7) is 0. The van der Waals surface area contributed by atoms with Crippen LogP contribution in [0.2, 0.25) is 0 Å². The van der Waals surface area contributed by atoms with Gasteiger partial charge in [0.05, 0.1) is 0 Å². The van der Waals surface area contributed by atoms with Crippen molar-refractivity contribution in [3.63, 3.8) is 0 Å². The summed E-state index contributed by atoms with van der Waals surface area (Å²) in [4.78, 5) is 0. The Labute approximate surface area is 107 Å². The smallest absolute Gasteiger partial charge is 0.169 e. The Morgan fingerprint density at radius 3 is 1.05 bits per heavy atom. The summed E-state index contributed by atoms with van der Waals surface area (Å²) >= 11 is 0. The first-order valence-corrected chi connectivity index (χ1v) is 7.32. The van der Waals surface area contributed by atoms with E-state index in [0.717, 1.165) is 0 Å². The molecule has 0 N–H and O–H groups in total. The molecule has 0 bridgehead atoms. The van der Waals surface area contributed by atoms with Crippen LogP contribution in [0.3, 0.4) is 0 Å². The Morgan fingerprint density at radius 1 is 0.650 bits per heavy atom. The number of hydrogen-bond acceptors (Lipinski definition) is 1. The molecule has 122 valence electrons. The molecule has 0 nitrogen and oxygen atoms in total. The molecule has 20 heavy (non-hydrogen) atoms. The van der Waals surface area contributed by atoms with Gasteiger partial charge >= 0.3 is 23.4 Å². The zero-order valence-electron chi connectivity index (χ0n) is 8.56. The number of alkyl halides is 12. The van der Waals surface area contributed by atoms with Crippen LogP contribution in [0.5, 0.6) is 0 Å². The molecule has 0 spiro atoms. The highest BCUT2D eigenvalue weighted by Crippen LogP contribution is 2.92. The van der Waals surface area contributed by atoms with Crippen molar-refractivity contribution < 1.29 is 52.7 Å². The third-order valence-corrected chi connectivity index (χ3v) is 9.24. The summed E-state index contributed by atoms with van der Waals surface area (Å²) in [6.07, 6.45) is -12.5. The van der Waals surface area contributed by atoms with Gasteiger partial charge in [0.1, 0.15) is 0 Å². The molecule has 1 heterocycles. The summed E-state index contributed by atoms with van der Waals surface area (Å²) in [5.41, 5.74) is -12.4. The van der Waals surface area contributed by atoms with Crippen molar-refractivity contribution in [1.29, 1.82) is 0 Å². The molecule has 0 saturated carbocycles. The molecule has 0 aromatic heterocycles. The van der Waals surface area contributed by atoms with Crippen LogP contribution in [0.25, 0.3) is 0 Å². The average Bonchev–Trinajstić information content (AvgIpc) is 1.87. The Hall–Kier alpha value is -0.140. The fraction of sp³-hybridized carbons (Fsp3) is 1.00. The molecule has 0 atom stereocenters. The molecule has 1 rings (SSSR count). The van der Waals surface area contributed by atoms with Crippen LogP contribution in [0.1, 0.15) is 0 Å². The van der Waals surface area contributed by atoms with Gasteiger partial charge in [0.15, 0.2) is 0 Å². The molecule has 0 radical (unpaired) electrons. The molecule has 0 aromatic carbocycles. The molecule has 0 amide bonds. The third-order valence-electron chi connectivity index (χ3n) is 2.35. The monoisotopic (exact) mass is 366 g/mol. The van der Waals surface area contributed by atoms with Crippen LogP contribution >= 0.6 is 19.9 Å². The number of hydrogen-bond donors (Lipinski definition) is 0. The molecule has 1 aliphatic heterocycles. The number of halogens is 12. The van der Waals surface area contributed by atoms with Gasteiger partial charge in [-0.2, -0.15) is 52.7 Å². The fourth-order valence-corrected chi connectivity index (χ4v) is 7.07. The van der Waals surface area contributed by atoms with Gasteiger partial charge < -0.3 is 0 Å². The van der Waals surface area contributed by atoms with Crippen molar-refractivity contribution in [1.82, 2.24) is 0 Å². The molecule has 0 aliphatic carbocycles. The van der Waals surface area contributed by atoms with E-state index in [4.69, 9.17) is 0 Å². The van der Waals surface area contributed by atoms with Gasteiger partial charge in [-0.05, 0) is 0 Å². The fourth-order valence-electron chi connectivity index (χ4n) is 1.33. The largest absolute Gasteiger partial charge is 0.441 e. The Morgan fingerprint density at radius 2 is 0.900 bits per heavy atom. The van der Waals surface area contributed by atoms with E-state index in [0.29, 0.717) is 0 Å². The normalized spacial score (nSPS) is 25.0. The van der Waals surface area contributed by atoms with Crippen molar-refractivity contribution in [3.05, 3.63) is 0 Å². The van der Waals surface area contributed by atoms with Gasteiger partial charge in [-0.3, -0.25) is 0 Å². The lowest BCUT2D eigenvalue weighted by atomic mass is 10.1. The molecule has 1 fully saturated rings. The van der Waals surface area contributed by atoms with Crippen LogP contribution in [0.4, 0.5) is 52.7 Å². The van der Waals surface area contributed by atoms with Crippen molar-refractivity contribution in [3.8, 4) is 0 Å². The lowest BCUT2D eigenvalue weighted by Crippen LogP contribution is -2.66. The van der Waals surface area contributed by atoms with Crippen LogP contribution in [0.15, 0.2) is 0 Å². The van der Waals surface area contributed by atoms with E-state index in [1.54, 1.807) is 0 Å². The first-order chi connectivity index (χ1) is 8.41. The minimum absolute atomic E-state index is 2.12. The number of rotatable bonds is 0. The SMILES string of the molecule is FC(F)(F)C1(C(F)(F)F)CS(C(F)(F)F)(C(F)(F)F)S1. The standard InChI is InChI=1S/C6H2F12S2/c7-3(8,9)2(4(10,11)12)1-20(19-2,5(13,14)15)6(16,17)18/h1H2. The molecule has 14 heteroatoms. The molecular formula is C6H2F12S2. The highest BCUT2D eigenvalue weighted by molar-refractivity contribution is 8.97. The van der Waals surface area contributed by atoms with E-state index in [1.165, 1.54) is 0 Å². The molecule has 1 saturated heterocycles. The quantitative estimate of drug-likeness (QED) is 0.411. The first-order valence-electron chi connectivity index (χ1n) is 4.19. The minimum Gasteiger partial charge on any atom is -0.169 e. The van der Waals surface area contributed by atoms with E-state index in [9.17, 15) is 52.7 Å². The summed E-state index contributed by atoms with van der Waals surface area (Å²) in [6, 6.07) is 0. The minimum atomic E-state index is -6.27. The van der Waals surface area contributed by atoms with Crippen LogP contribution in [-0.4, -0.2) is 33.9 Å². The zero-order chi connectivity index (χ0) is 16.4. The second-order valence-electron chi connectivity index (χ2n) is 3.62. The average molecular weight is 366 g/mol. The Bertz CT molecular complexity index is 309. The zero-order valence-corrected chi connectivity index (χ0v) is 10.2. The van der Waals surface area contributed by atoms with Crippen molar-refractivity contribution in [2.45, 2.75) is 28.1 Å². The van der Waals surface area contributed by atoms with Gasteiger partial charge in [0.25, 0.3) is 0 Å². The van der Waals surface area contributed by atoms with Gasteiger partial charge in [0, 0.05) is 14.8 Å². The van der Waals surface area contributed by atoms with Gasteiger partial charge in [0.2, 0.25) is 4.75 Å². The predicted octanol–water partition coefficient (Wildman–Crippen LogP) is 5.36. The lowest BCUT2D eigenvalue weighted by molar-refractivity contribution is -0.259. The highest BCUT2D eigenvalue weighted by atomic mass is 33.2. The van der Waals surface area contributed by atoms with E-state index in [2.05, 4.69) is 0 Å². The maximum absolute atomic E-state index is 12.3. The van der Waals surface area contributed by atoms with E-state index in [-0.39, 0.29) is 0 Å². The van der Waals surface area contributed by atoms with Crippen molar-refractivity contribution >= 4 is 19.9 Å². The molecule has 0 unspecified atom stereocenters. The highest BCUT2D eigenvalue weighted by Gasteiger charge is 2.88. The molecule has 0 aromatic rings. The molecular weight excluding hydrogens is 364 g/mol. The van der Waals surface area contributed by atoms with E-state index in [1.807, 2.05) is 0 Å².